The van der Waals surface area contributed by atoms with Crippen LogP contribution in [0, 0.1) is 0 Å². The first-order valence-corrected chi connectivity index (χ1v) is 7.69. The summed E-state index contributed by atoms with van der Waals surface area (Å²) in [5.41, 5.74) is 1.37. The highest BCUT2D eigenvalue weighted by atomic mass is 32.2. The van der Waals surface area contributed by atoms with Crippen molar-refractivity contribution >= 4 is 11.8 Å². The van der Waals surface area contributed by atoms with E-state index in [0.29, 0.717) is 11.3 Å². The van der Waals surface area contributed by atoms with E-state index in [2.05, 4.69) is 43.4 Å². The highest BCUT2D eigenvalue weighted by molar-refractivity contribution is 8.00. The smallest absolute Gasteiger partial charge is 0.0588 e. The molecule has 1 fully saturated rings. The number of ether oxygens (including phenoxy) is 1. The number of thioether (sulfide) groups is 1. The highest BCUT2D eigenvalue weighted by Gasteiger charge is 2.15. The van der Waals surface area contributed by atoms with Crippen molar-refractivity contribution in [1.29, 1.82) is 0 Å². The number of benzene rings is 1. The van der Waals surface area contributed by atoms with Gasteiger partial charge in [-0.25, -0.2) is 0 Å². The molecule has 1 atom stereocenters. The quantitative estimate of drug-likeness (QED) is 0.881. The van der Waals surface area contributed by atoms with Gasteiger partial charge >= 0.3 is 0 Å². The Balaban J connectivity index is 1.89. The van der Waals surface area contributed by atoms with Crippen molar-refractivity contribution in [2.75, 3.05) is 13.2 Å². The topological polar surface area (TPSA) is 21.3 Å². The molecule has 100 valence electrons. The van der Waals surface area contributed by atoms with Gasteiger partial charge in [-0.1, -0.05) is 26.0 Å². The molecule has 0 saturated carbocycles. The van der Waals surface area contributed by atoms with Crippen molar-refractivity contribution in [3.8, 4) is 0 Å². The summed E-state index contributed by atoms with van der Waals surface area (Å²) >= 11 is 1.96. The summed E-state index contributed by atoms with van der Waals surface area (Å²) in [7, 11) is 0. The summed E-state index contributed by atoms with van der Waals surface area (Å²) < 4.78 is 5.53. The largest absolute Gasteiger partial charge is 0.380 e. The maximum absolute atomic E-state index is 5.53. The van der Waals surface area contributed by atoms with Crippen LogP contribution >= 0.6 is 11.8 Å². The van der Waals surface area contributed by atoms with E-state index in [-0.39, 0.29) is 0 Å². The SMILES string of the molecule is CC(C)NCc1cccc(SC2CCCOC2)c1. The van der Waals surface area contributed by atoms with Gasteiger partial charge in [-0.2, -0.15) is 0 Å². The molecule has 18 heavy (non-hydrogen) atoms. The van der Waals surface area contributed by atoms with E-state index < -0.39 is 0 Å². The molecule has 0 aliphatic carbocycles. The van der Waals surface area contributed by atoms with Crippen molar-refractivity contribution < 1.29 is 4.74 Å². The minimum Gasteiger partial charge on any atom is -0.380 e. The third kappa shape index (κ3) is 4.63. The predicted molar refractivity (Wildman–Crippen MR) is 78.1 cm³/mol. The number of rotatable bonds is 5. The molecule has 1 aliphatic heterocycles. The first-order valence-electron chi connectivity index (χ1n) is 6.81. The lowest BCUT2D eigenvalue weighted by Gasteiger charge is -2.21. The second kappa shape index (κ2) is 7.17. The van der Waals surface area contributed by atoms with Crippen LogP contribution in [0.5, 0.6) is 0 Å². The zero-order valence-corrected chi connectivity index (χ0v) is 12.1. The fourth-order valence-corrected chi connectivity index (χ4v) is 3.26. The van der Waals surface area contributed by atoms with Gasteiger partial charge in [0.1, 0.15) is 0 Å². The van der Waals surface area contributed by atoms with Crippen molar-refractivity contribution in [2.24, 2.45) is 0 Å². The van der Waals surface area contributed by atoms with Crippen LogP contribution in [0.4, 0.5) is 0 Å². The van der Waals surface area contributed by atoms with E-state index in [4.69, 9.17) is 4.74 Å². The molecule has 2 nitrogen and oxygen atoms in total. The second-order valence-electron chi connectivity index (χ2n) is 5.14. The normalized spacial score (nSPS) is 20.3. The Morgan fingerprint density at radius 3 is 3.06 bits per heavy atom. The van der Waals surface area contributed by atoms with Crippen LogP contribution in [0.25, 0.3) is 0 Å². The van der Waals surface area contributed by atoms with Crippen molar-refractivity contribution in [3.05, 3.63) is 29.8 Å². The van der Waals surface area contributed by atoms with Crippen LogP contribution in [-0.2, 0) is 11.3 Å². The molecular formula is C15H23NOS. The van der Waals surface area contributed by atoms with Gasteiger partial charge in [0.15, 0.2) is 0 Å². The summed E-state index contributed by atoms with van der Waals surface area (Å²) in [4.78, 5) is 1.37. The van der Waals surface area contributed by atoms with Gasteiger partial charge in [0.05, 0.1) is 6.61 Å². The molecule has 1 aromatic carbocycles. The van der Waals surface area contributed by atoms with E-state index in [1.54, 1.807) is 0 Å². The molecule has 0 bridgehead atoms. The summed E-state index contributed by atoms with van der Waals surface area (Å²) in [6.45, 7) is 7.15. The number of hydrogen-bond donors (Lipinski definition) is 1. The zero-order chi connectivity index (χ0) is 12.8. The molecule has 0 radical (unpaired) electrons. The molecule has 1 heterocycles. The van der Waals surface area contributed by atoms with Gasteiger partial charge < -0.3 is 10.1 Å². The minimum absolute atomic E-state index is 0.535. The molecule has 2 rings (SSSR count). The Morgan fingerprint density at radius 2 is 2.33 bits per heavy atom. The fourth-order valence-electron chi connectivity index (χ4n) is 2.05. The van der Waals surface area contributed by atoms with Gasteiger partial charge in [0, 0.05) is 29.3 Å². The molecule has 1 N–H and O–H groups in total. The molecule has 0 aromatic heterocycles. The fraction of sp³-hybridized carbons (Fsp3) is 0.600. The first-order chi connectivity index (χ1) is 8.74. The average Bonchev–Trinajstić information content (AvgIpc) is 2.38. The molecule has 1 unspecified atom stereocenters. The van der Waals surface area contributed by atoms with Gasteiger partial charge in [-0.15, -0.1) is 11.8 Å². The average molecular weight is 265 g/mol. The Morgan fingerprint density at radius 1 is 1.44 bits per heavy atom. The molecular weight excluding hydrogens is 242 g/mol. The van der Waals surface area contributed by atoms with Crippen LogP contribution < -0.4 is 5.32 Å². The molecule has 0 spiro atoms. The van der Waals surface area contributed by atoms with Crippen LogP contribution in [0.1, 0.15) is 32.3 Å². The molecule has 1 saturated heterocycles. The highest BCUT2D eigenvalue weighted by Crippen LogP contribution is 2.29. The zero-order valence-electron chi connectivity index (χ0n) is 11.3. The van der Waals surface area contributed by atoms with Crippen LogP contribution in [-0.4, -0.2) is 24.5 Å². The van der Waals surface area contributed by atoms with Gasteiger partial charge in [0.25, 0.3) is 0 Å². The Bertz CT molecular complexity index is 361. The third-order valence-electron chi connectivity index (χ3n) is 3.03. The standard InChI is InChI=1S/C15H23NOS/c1-12(2)16-10-13-5-3-6-14(9-13)18-15-7-4-8-17-11-15/h3,5-6,9,12,15-16H,4,7-8,10-11H2,1-2H3. The van der Waals surface area contributed by atoms with Gasteiger partial charge in [0.2, 0.25) is 0 Å². The first kappa shape index (κ1) is 13.9. The summed E-state index contributed by atoms with van der Waals surface area (Å²) in [6, 6.07) is 9.39. The Labute approximate surface area is 114 Å². The van der Waals surface area contributed by atoms with Gasteiger partial charge in [-0.05, 0) is 30.5 Å². The van der Waals surface area contributed by atoms with Crippen LogP contribution in [0.3, 0.4) is 0 Å². The maximum Gasteiger partial charge on any atom is 0.0588 e. The Kier molecular flexibility index (Phi) is 5.54. The third-order valence-corrected chi connectivity index (χ3v) is 4.27. The van der Waals surface area contributed by atoms with Crippen molar-refractivity contribution in [1.82, 2.24) is 5.32 Å². The van der Waals surface area contributed by atoms with E-state index in [0.717, 1.165) is 19.8 Å². The van der Waals surface area contributed by atoms with Crippen molar-refractivity contribution in [2.45, 2.75) is 49.4 Å². The molecule has 1 aliphatic rings. The maximum atomic E-state index is 5.53. The lowest BCUT2D eigenvalue weighted by molar-refractivity contribution is 0.101. The van der Waals surface area contributed by atoms with Crippen molar-refractivity contribution in [3.63, 3.8) is 0 Å². The van der Waals surface area contributed by atoms with E-state index in [1.165, 1.54) is 23.3 Å². The lowest BCUT2D eigenvalue weighted by Crippen LogP contribution is -2.21. The minimum atomic E-state index is 0.535. The van der Waals surface area contributed by atoms with Crippen LogP contribution in [0.15, 0.2) is 29.2 Å². The molecule has 1 aromatic rings. The summed E-state index contributed by atoms with van der Waals surface area (Å²) in [6.07, 6.45) is 2.48. The van der Waals surface area contributed by atoms with Crippen LogP contribution in [0.2, 0.25) is 0 Å². The summed E-state index contributed by atoms with van der Waals surface area (Å²) in [5.74, 6) is 0. The molecule has 0 amide bonds. The Hall–Kier alpha value is -0.510. The summed E-state index contributed by atoms with van der Waals surface area (Å²) in [5, 5.41) is 4.09. The van der Waals surface area contributed by atoms with Gasteiger partial charge in [-0.3, -0.25) is 0 Å². The lowest BCUT2D eigenvalue weighted by atomic mass is 10.2. The van der Waals surface area contributed by atoms with E-state index in [1.807, 2.05) is 11.8 Å². The second-order valence-corrected chi connectivity index (χ2v) is 6.51. The molecule has 3 heteroatoms. The van der Waals surface area contributed by atoms with E-state index >= 15 is 0 Å². The predicted octanol–water partition coefficient (Wildman–Crippen LogP) is 3.46. The number of nitrogens with one attached hydrogen (secondary N) is 1. The van der Waals surface area contributed by atoms with E-state index in [9.17, 15) is 0 Å². The monoisotopic (exact) mass is 265 g/mol. The number of hydrogen-bond acceptors (Lipinski definition) is 3.